The van der Waals surface area contributed by atoms with Gasteiger partial charge >= 0.3 is 6.36 Å². The van der Waals surface area contributed by atoms with Crippen LogP contribution in [0.3, 0.4) is 0 Å². The Morgan fingerprint density at radius 2 is 1.85 bits per heavy atom. The van der Waals surface area contributed by atoms with Crippen molar-refractivity contribution in [3.05, 3.63) is 53.6 Å². The normalized spacial score (nSPS) is 11.9. The number of nitrogens with zero attached hydrogens (tertiary/aromatic N) is 1. The molecule has 4 nitrogen and oxygen atoms in total. The highest BCUT2D eigenvalue weighted by atomic mass is 35.5. The number of H-pyrrole nitrogens is 1. The van der Waals surface area contributed by atoms with Gasteiger partial charge in [0.25, 0.3) is 0 Å². The van der Waals surface area contributed by atoms with Gasteiger partial charge in [0.15, 0.2) is 0 Å². The number of fused-ring (bicyclic) bond motifs is 2. The molecule has 138 valence electrons. The summed E-state index contributed by atoms with van der Waals surface area (Å²) < 4.78 is 46.5. The summed E-state index contributed by atoms with van der Waals surface area (Å²) in [6.07, 6.45) is -4.73. The quantitative estimate of drug-likeness (QED) is 0.469. The molecule has 0 atom stereocenters. The fraction of sp³-hybridized carbons (Fsp3) is 0.105. The van der Waals surface area contributed by atoms with Crippen LogP contribution in [-0.4, -0.2) is 23.4 Å². The lowest BCUT2D eigenvalue weighted by atomic mass is 10.1. The fourth-order valence-corrected chi connectivity index (χ4v) is 3.14. The van der Waals surface area contributed by atoms with Crippen LogP contribution in [0.5, 0.6) is 11.5 Å². The number of alkyl halides is 3. The van der Waals surface area contributed by atoms with Crippen LogP contribution in [0.1, 0.15) is 0 Å². The zero-order chi connectivity index (χ0) is 19.2. The highest BCUT2D eigenvalue weighted by Crippen LogP contribution is 2.33. The summed E-state index contributed by atoms with van der Waals surface area (Å²) in [5, 5.41) is 1.82. The molecule has 0 spiro atoms. The minimum atomic E-state index is -4.73. The number of ether oxygens (including phenoxy) is 2. The summed E-state index contributed by atoms with van der Waals surface area (Å²) >= 11 is 6.26. The molecule has 2 aromatic carbocycles. The van der Waals surface area contributed by atoms with Crippen molar-refractivity contribution in [3.63, 3.8) is 0 Å². The Balaban J connectivity index is 1.79. The van der Waals surface area contributed by atoms with Crippen LogP contribution in [0.15, 0.2) is 48.5 Å². The van der Waals surface area contributed by atoms with Crippen molar-refractivity contribution < 1.29 is 22.6 Å². The monoisotopic (exact) mass is 392 g/mol. The number of aromatic amines is 1. The first-order valence-electron chi connectivity index (χ1n) is 7.86. The van der Waals surface area contributed by atoms with E-state index >= 15 is 0 Å². The molecular weight excluding hydrogens is 381 g/mol. The lowest BCUT2D eigenvalue weighted by Crippen LogP contribution is -2.16. The van der Waals surface area contributed by atoms with Crippen LogP contribution in [0.2, 0.25) is 5.02 Å². The van der Waals surface area contributed by atoms with Gasteiger partial charge in [0, 0.05) is 16.3 Å². The number of aromatic nitrogens is 2. The molecule has 0 aliphatic heterocycles. The van der Waals surface area contributed by atoms with Crippen LogP contribution in [0, 0.1) is 0 Å². The third kappa shape index (κ3) is 3.38. The molecular formula is C19H12ClF3N2O2. The predicted octanol–water partition coefficient (Wildman–Crippen LogP) is 5.94. The summed E-state index contributed by atoms with van der Waals surface area (Å²) in [6.45, 7) is 0. The SMILES string of the molecule is COc1ccc(Cl)c2nc(-c3cc4cc(OC(F)(F)F)ccc4[nH]3)ccc12. The maximum atomic E-state index is 12.4. The van der Waals surface area contributed by atoms with E-state index in [-0.39, 0.29) is 5.75 Å². The van der Waals surface area contributed by atoms with Gasteiger partial charge in [0.1, 0.15) is 11.5 Å². The van der Waals surface area contributed by atoms with Crippen molar-refractivity contribution in [3.8, 4) is 22.9 Å². The third-order valence-electron chi connectivity index (χ3n) is 4.09. The number of rotatable bonds is 3. The predicted molar refractivity (Wildman–Crippen MR) is 97.3 cm³/mol. The van der Waals surface area contributed by atoms with Crippen LogP contribution >= 0.6 is 11.6 Å². The second kappa shape index (κ2) is 6.35. The standard InChI is InChI=1S/C19H12ClF3N2O2/c1-26-17-7-4-13(20)18-12(17)3-6-15(25-18)16-9-10-8-11(27-19(21,22)23)2-5-14(10)24-16/h2-9,24H,1H3. The molecule has 0 bridgehead atoms. The van der Waals surface area contributed by atoms with Crippen LogP contribution in [0.25, 0.3) is 33.2 Å². The van der Waals surface area contributed by atoms with E-state index in [1.54, 1.807) is 31.4 Å². The third-order valence-corrected chi connectivity index (χ3v) is 4.39. The van der Waals surface area contributed by atoms with Gasteiger partial charge in [-0.2, -0.15) is 0 Å². The molecule has 0 amide bonds. The first-order valence-corrected chi connectivity index (χ1v) is 8.24. The van der Waals surface area contributed by atoms with E-state index in [1.807, 2.05) is 6.07 Å². The molecule has 4 aromatic rings. The maximum Gasteiger partial charge on any atom is 0.573 e. The summed E-state index contributed by atoms with van der Waals surface area (Å²) in [6, 6.07) is 12.9. The largest absolute Gasteiger partial charge is 0.573 e. The molecule has 0 aliphatic carbocycles. The Morgan fingerprint density at radius 1 is 1.04 bits per heavy atom. The zero-order valence-corrected chi connectivity index (χ0v) is 14.7. The topological polar surface area (TPSA) is 47.1 Å². The molecule has 0 saturated heterocycles. The maximum absolute atomic E-state index is 12.4. The lowest BCUT2D eigenvalue weighted by Gasteiger charge is -2.08. The second-order valence-corrected chi connectivity index (χ2v) is 6.23. The number of pyridine rings is 1. The number of nitrogens with one attached hydrogen (secondary N) is 1. The van der Waals surface area contributed by atoms with Crippen molar-refractivity contribution in [2.75, 3.05) is 7.11 Å². The number of hydrogen-bond acceptors (Lipinski definition) is 3. The Kier molecular flexibility index (Phi) is 4.11. The highest BCUT2D eigenvalue weighted by molar-refractivity contribution is 6.35. The Morgan fingerprint density at radius 3 is 2.59 bits per heavy atom. The molecule has 27 heavy (non-hydrogen) atoms. The highest BCUT2D eigenvalue weighted by Gasteiger charge is 2.31. The van der Waals surface area contributed by atoms with Gasteiger partial charge in [-0.3, -0.25) is 0 Å². The van der Waals surface area contributed by atoms with Crippen molar-refractivity contribution in [1.29, 1.82) is 0 Å². The molecule has 1 N–H and O–H groups in total. The number of halogens is 4. The van der Waals surface area contributed by atoms with Gasteiger partial charge in [-0.25, -0.2) is 4.98 Å². The van der Waals surface area contributed by atoms with Crippen LogP contribution in [0.4, 0.5) is 13.2 Å². The van der Waals surface area contributed by atoms with Crippen LogP contribution < -0.4 is 9.47 Å². The average Bonchev–Trinajstić information content (AvgIpc) is 3.04. The average molecular weight is 393 g/mol. The smallest absolute Gasteiger partial charge is 0.496 e. The molecule has 0 aliphatic rings. The molecule has 2 aromatic heterocycles. The molecule has 0 unspecified atom stereocenters. The summed E-state index contributed by atoms with van der Waals surface area (Å²) in [7, 11) is 1.56. The first kappa shape index (κ1) is 17.5. The molecule has 0 fully saturated rings. The van der Waals surface area contributed by atoms with Crippen molar-refractivity contribution in [2.45, 2.75) is 6.36 Å². The van der Waals surface area contributed by atoms with Crippen molar-refractivity contribution in [2.24, 2.45) is 0 Å². The van der Waals surface area contributed by atoms with E-state index in [2.05, 4.69) is 14.7 Å². The summed E-state index contributed by atoms with van der Waals surface area (Å²) in [5.74, 6) is 0.374. The van der Waals surface area contributed by atoms with Gasteiger partial charge < -0.3 is 14.5 Å². The first-order chi connectivity index (χ1) is 12.8. The zero-order valence-electron chi connectivity index (χ0n) is 13.9. The van der Waals surface area contributed by atoms with E-state index in [4.69, 9.17) is 16.3 Å². The Bertz CT molecular complexity index is 1160. The number of benzene rings is 2. The van der Waals surface area contributed by atoms with E-state index < -0.39 is 6.36 Å². The van der Waals surface area contributed by atoms with Gasteiger partial charge in [-0.15, -0.1) is 13.2 Å². The van der Waals surface area contributed by atoms with Crippen molar-refractivity contribution >= 4 is 33.4 Å². The molecule has 4 rings (SSSR count). The Hall–Kier alpha value is -2.93. The molecule has 0 saturated carbocycles. The molecule has 8 heteroatoms. The Labute approximate surface area is 156 Å². The van der Waals surface area contributed by atoms with E-state index in [9.17, 15) is 13.2 Å². The van der Waals surface area contributed by atoms with E-state index in [1.165, 1.54) is 18.2 Å². The van der Waals surface area contributed by atoms with Crippen LogP contribution in [-0.2, 0) is 0 Å². The molecule has 0 radical (unpaired) electrons. The minimum absolute atomic E-state index is 0.278. The van der Waals surface area contributed by atoms with Crippen molar-refractivity contribution in [1.82, 2.24) is 9.97 Å². The van der Waals surface area contributed by atoms with E-state index in [0.717, 1.165) is 5.39 Å². The van der Waals surface area contributed by atoms with Gasteiger partial charge in [-0.1, -0.05) is 11.6 Å². The second-order valence-electron chi connectivity index (χ2n) is 5.82. The number of hydrogen-bond donors (Lipinski definition) is 1. The van der Waals surface area contributed by atoms with E-state index in [0.29, 0.717) is 38.6 Å². The van der Waals surface area contributed by atoms with Gasteiger partial charge in [0.2, 0.25) is 0 Å². The lowest BCUT2D eigenvalue weighted by molar-refractivity contribution is -0.274. The summed E-state index contributed by atoms with van der Waals surface area (Å²) in [5.41, 5.74) is 2.49. The van der Waals surface area contributed by atoms with Gasteiger partial charge in [-0.05, 0) is 48.5 Å². The van der Waals surface area contributed by atoms with Gasteiger partial charge in [0.05, 0.1) is 29.0 Å². The molecule has 2 heterocycles. The number of methoxy groups -OCH3 is 1. The summed E-state index contributed by atoms with van der Waals surface area (Å²) in [4.78, 5) is 7.72. The fourth-order valence-electron chi connectivity index (χ4n) is 2.93. The minimum Gasteiger partial charge on any atom is -0.496 e.